The number of aliphatic hydroxyl groups excluding tert-OH is 1. The molecule has 2 atom stereocenters. The van der Waals surface area contributed by atoms with Crippen molar-refractivity contribution in [1.82, 2.24) is 4.90 Å². The molecule has 5 heteroatoms. The van der Waals surface area contributed by atoms with E-state index in [0.29, 0.717) is 18.1 Å². The summed E-state index contributed by atoms with van der Waals surface area (Å²) in [5, 5.41) is 17.7. The van der Waals surface area contributed by atoms with E-state index >= 15 is 0 Å². The number of nitrogens with zero attached hydrogens (tertiary/aromatic N) is 2. The molecular weight excluding hydrogens is 212 g/mol. The Morgan fingerprint density at radius 1 is 1.80 bits per heavy atom. The summed E-state index contributed by atoms with van der Waals surface area (Å²) in [6.07, 6.45) is 0.543. The van der Waals surface area contributed by atoms with Crippen molar-refractivity contribution < 1.29 is 9.90 Å². The van der Waals surface area contributed by atoms with Crippen LogP contribution in [0.15, 0.2) is 0 Å². The Kier molecular flexibility index (Phi) is 4.92. The van der Waals surface area contributed by atoms with Crippen LogP contribution in [0.2, 0.25) is 0 Å². The van der Waals surface area contributed by atoms with Crippen molar-refractivity contribution in [2.24, 2.45) is 5.92 Å². The normalized spacial score (nSPS) is 22.5. The molecule has 0 radical (unpaired) electrons. The molecule has 0 aromatic heterocycles. The van der Waals surface area contributed by atoms with Crippen LogP contribution in [0.3, 0.4) is 0 Å². The van der Waals surface area contributed by atoms with E-state index in [1.807, 2.05) is 6.07 Å². The quantitative estimate of drug-likeness (QED) is 0.711. The lowest BCUT2D eigenvalue weighted by molar-refractivity contribution is -0.127. The Balaban J connectivity index is 2.28. The standard InChI is InChI=1S/C10H16N2O2S/c1-8(13)9-2-4-12(6-9)10(14)7-15-5-3-11/h8-9,13H,2,4-7H2,1H3. The van der Waals surface area contributed by atoms with Crippen LogP contribution in [0.4, 0.5) is 0 Å². The molecule has 2 unspecified atom stereocenters. The summed E-state index contributed by atoms with van der Waals surface area (Å²) >= 11 is 1.34. The van der Waals surface area contributed by atoms with E-state index in [0.717, 1.165) is 13.0 Å². The number of nitriles is 1. The molecule has 1 fully saturated rings. The molecule has 1 rings (SSSR count). The molecule has 84 valence electrons. The number of carbonyl (C=O) groups excluding carboxylic acids is 1. The molecule has 0 spiro atoms. The Labute approximate surface area is 94.2 Å². The zero-order chi connectivity index (χ0) is 11.3. The van der Waals surface area contributed by atoms with Gasteiger partial charge in [0.25, 0.3) is 0 Å². The first-order chi connectivity index (χ1) is 7.15. The van der Waals surface area contributed by atoms with E-state index in [-0.39, 0.29) is 17.9 Å². The van der Waals surface area contributed by atoms with Crippen molar-refractivity contribution in [3.8, 4) is 6.07 Å². The third-order valence-corrected chi connectivity index (χ3v) is 3.44. The highest BCUT2D eigenvalue weighted by atomic mass is 32.2. The molecular formula is C10H16N2O2S. The molecule has 4 nitrogen and oxygen atoms in total. The summed E-state index contributed by atoms with van der Waals surface area (Å²) in [6, 6.07) is 1.99. The van der Waals surface area contributed by atoms with Crippen LogP contribution in [0.1, 0.15) is 13.3 Å². The van der Waals surface area contributed by atoms with Gasteiger partial charge in [0.1, 0.15) is 0 Å². The van der Waals surface area contributed by atoms with Crippen LogP contribution in [-0.2, 0) is 4.79 Å². The summed E-state index contributed by atoms with van der Waals surface area (Å²) < 4.78 is 0. The third-order valence-electron chi connectivity index (χ3n) is 2.65. The zero-order valence-corrected chi connectivity index (χ0v) is 9.66. The van der Waals surface area contributed by atoms with Gasteiger partial charge in [-0.15, -0.1) is 11.8 Å². The highest BCUT2D eigenvalue weighted by Crippen LogP contribution is 2.20. The summed E-state index contributed by atoms with van der Waals surface area (Å²) in [7, 11) is 0. The molecule has 0 aliphatic carbocycles. The number of hydrogen-bond acceptors (Lipinski definition) is 4. The van der Waals surface area contributed by atoms with Crippen molar-refractivity contribution in [1.29, 1.82) is 5.26 Å². The van der Waals surface area contributed by atoms with Crippen LogP contribution in [-0.4, -0.2) is 46.6 Å². The number of thioether (sulfide) groups is 1. The molecule has 1 heterocycles. The monoisotopic (exact) mass is 228 g/mol. The smallest absolute Gasteiger partial charge is 0.232 e. The van der Waals surface area contributed by atoms with Gasteiger partial charge < -0.3 is 10.0 Å². The lowest BCUT2D eigenvalue weighted by Gasteiger charge is -2.17. The van der Waals surface area contributed by atoms with Gasteiger partial charge in [-0.25, -0.2) is 0 Å². The predicted octanol–water partition coefficient (Wildman–Crippen LogP) is 0.472. The van der Waals surface area contributed by atoms with Gasteiger partial charge in [-0.05, 0) is 13.3 Å². The Morgan fingerprint density at radius 3 is 3.07 bits per heavy atom. The van der Waals surface area contributed by atoms with E-state index < -0.39 is 0 Å². The number of rotatable bonds is 4. The minimum atomic E-state index is -0.338. The largest absolute Gasteiger partial charge is 0.393 e. The van der Waals surface area contributed by atoms with Crippen LogP contribution in [0, 0.1) is 17.2 Å². The number of likely N-dealkylation sites (tertiary alicyclic amines) is 1. The van der Waals surface area contributed by atoms with E-state index in [4.69, 9.17) is 5.26 Å². The van der Waals surface area contributed by atoms with Crippen molar-refractivity contribution in [2.75, 3.05) is 24.6 Å². The molecule has 15 heavy (non-hydrogen) atoms. The van der Waals surface area contributed by atoms with Gasteiger partial charge in [-0.1, -0.05) is 0 Å². The summed E-state index contributed by atoms with van der Waals surface area (Å²) in [5.41, 5.74) is 0. The van der Waals surface area contributed by atoms with Crippen LogP contribution < -0.4 is 0 Å². The number of aliphatic hydroxyl groups is 1. The SMILES string of the molecule is CC(O)C1CCN(C(=O)CSCC#N)C1. The number of amides is 1. The van der Waals surface area contributed by atoms with E-state index in [1.165, 1.54) is 11.8 Å². The fraction of sp³-hybridized carbons (Fsp3) is 0.800. The van der Waals surface area contributed by atoms with Crippen LogP contribution in [0.25, 0.3) is 0 Å². The van der Waals surface area contributed by atoms with E-state index in [9.17, 15) is 9.90 Å². The number of hydrogen-bond donors (Lipinski definition) is 1. The lowest BCUT2D eigenvalue weighted by atomic mass is 10.0. The van der Waals surface area contributed by atoms with Crippen molar-refractivity contribution >= 4 is 17.7 Å². The molecule has 0 aromatic carbocycles. The molecule has 0 saturated carbocycles. The fourth-order valence-corrected chi connectivity index (χ4v) is 2.23. The van der Waals surface area contributed by atoms with Gasteiger partial charge in [0, 0.05) is 19.0 Å². The topological polar surface area (TPSA) is 64.3 Å². The maximum Gasteiger partial charge on any atom is 0.232 e. The van der Waals surface area contributed by atoms with Gasteiger partial charge in [-0.3, -0.25) is 4.79 Å². The minimum Gasteiger partial charge on any atom is -0.393 e. The second-order valence-electron chi connectivity index (χ2n) is 3.78. The molecule has 1 N–H and O–H groups in total. The Bertz CT molecular complexity index is 263. The molecule has 1 aliphatic heterocycles. The first-order valence-electron chi connectivity index (χ1n) is 5.05. The lowest BCUT2D eigenvalue weighted by Crippen LogP contribution is -2.31. The first kappa shape index (κ1) is 12.3. The first-order valence-corrected chi connectivity index (χ1v) is 6.21. The van der Waals surface area contributed by atoms with Gasteiger partial charge in [0.2, 0.25) is 5.91 Å². The second kappa shape index (κ2) is 5.99. The van der Waals surface area contributed by atoms with Gasteiger partial charge in [0.05, 0.1) is 23.7 Å². The summed E-state index contributed by atoms with van der Waals surface area (Å²) in [6.45, 7) is 3.16. The fourth-order valence-electron chi connectivity index (χ4n) is 1.68. The number of carbonyl (C=O) groups is 1. The van der Waals surface area contributed by atoms with Crippen molar-refractivity contribution in [3.63, 3.8) is 0 Å². The van der Waals surface area contributed by atoms with Crippen molar-refractivity contribution in [3.05, 3.63) is 0 Å². The van der Waals surface area contributed by atoms with E-state index in [1.54, 1.807) is 11.8 Å². The maximum atomic E-state index is 11.6. The van der Waals surface area contributed by atoms with E-state index in [2.05, 4.69) is 0 Å². The maximum absolute atomic E-state index is 11.6. The zero-order valence-electron chi connectivity index (χ0n) is 8.85. The average Bonchev–Trinajstić information content (AvgIpc) is 2.66. The Hall–Kier alpha value is -0.730. The van der Waals surface area contributed by atoms with Gasteiger partial charge in [0.15, 0.2) is 0 Å². The molecule has 0 bridgehead atoms. The average molecular weight is 228 g/mol. The molecule has 0 aromatic rings. The molecule has 1 amide bonds. The van der Waals surface area contributed by atoms with Crippen molar-refractivity contribution in [2.45, 2.75) is 19.4 Å². The summed E-state index contributed by atoms with van der Waals surface area (Å²) in [4.78, 5) is 13.4. The molecule has 1 saturated heterocycles. The Morgan fingerprint density at radius 2 is 2.53 bits per heavy atom. The molecule has 1 aliphatic rings. The van der Waals surface area contributed by atoms with Crippen LogP contribution >= 0.6 is 11.8 Å². The highest BCUT2D eigenvalue weighted by Gasteiger charge is 2.28. The summed E-state index contributed by atoms with van der Waals surface area (Å²) in [5.74, 6) is 1.03. The van der Waals surface area contributed by atoms with Gasteiger partial charge in [-0.2, -0.15) is 5.26 Å². The van der Waals surface area contributed by atoms with Gasteiger partial charge >= 0.3 is 0 Å². The highest BCUT2D eigenvalue weighted by molar-refractivity contribution is 8.00. The predicted molar refractivity (Wildman–Crippen MR) is 59.3 cm³/mol. The second-order valence-corrected chi connectivity index (χ2v) is 4.77. The minimum absolute atomic E-state index is 0.0819. The van der Waals surface area contributed by atoms with Crippen LogP contribution in [0.5, 0.6) is 0 Å². The third kappa shape index (κ3) is 3.73.